The number of rotatable bonds is 4. The minimum absolute atomic E-state index is 0.252. The first kappa shape index (κ1) is 9.90. The predicted octanol–water partition coefficient (Wildman–Crippen LogP) is 2.82. The Balaban J connectivity index is 2.37. The number of ether oxygens (including phenoxy) is 1. The molecule has 0 aromatic heterocycles. The molecule has 0 bridgehead atoms. The van der Waals surface area contributed by atoms with E-state index in [4.69, 9.17) is 9.84 Å². The average Bonchev–Trinajstić information content (AvgIpc) is 2.03. The maximum absolute atomic E-state index is 9.14. The summed E-state index contributed by atoms with van der Waals surface area (Å²) < 4.78 is 5.44. The minimum Gasteiger partial charge on any atom is -0.508 e. The van der Waals surface area contributed by atoms with Gasteiger partial charge in [-0.1, -0.05) is 19.9 Å². The van der Waals surface area contributed by atoms with Gasteiger partial charge in [0, 0.05) is 6.07 Å². The zero-order valence-electron chi connectivity index (χ0n) is 8.16. The molecule has 0 aliphatic carbocycles. The van der Waals surface area contributed by atoms with Gasteiger partial charge in [0.1, 0.15) is 11.5 Å². The van der Waals surface area contributed by atoms with Crippen LogP contribution in [0.4, 0.5) is 0 Å². The molecule has 1 aromatic rings. The fourth-order valence-corrected chi connectivity index (χ4v) is 0.986. The van der Waals surface area contributed by atoms with E-state index in [1.165, 1.54) is 0 Å². The number of hydrogen-bond donors (Lipinski definition) is 1. The van der Waals surface area contributed by atoms with E-state index < -0.39 is 0 Å². The van der Waals surface area contributed by atoms with E-state index in [0.717, 1.165) is 12.2 Å². The molecular formula is C11H16O2. The van der Waals surface area contributed by atoms with Crippen LogP contribution in [-0.2, 0) is 0 Å². The first-order valence-corrected chi connectivity index (χ1v) is 4.60. The van der Waals surface area contributed by atoms with Crippen molar-refractivity contribution in [3.05, 3.63) is 24.3 Å². The molecular weight excluding hydrogens is 164 g/mol. The fourth-order valence-electron chi connectivity index (χ4n) is 0.986. The van der Waals surface area contributed by atoms with Gasteiger partial charge in [0.25, 0.3) is 0 Å². The zero-order chi connectivity index (χ0) is 9.68. The molecule has 1 rings (SSSR count). The Bertz CT molecular complexity index is 256. The Morgan fingerprint density at radius 1 is 1.38 bits per heavy atom. The van der Waals surface area contributed by atoms with Gasteiger partial charge in [-0.05, 0) is 24.5 Å². The molecule has 0 saturated heterocycles. The van der Waals surface area contributed by atoms with Crippen LogP contribution in [0.3, 0.4) is 0 Å². The van der Waals surface area contributed by atoms with Gasteiger partial charge in [-0.3, -0.25) is 0 Å². The SMILES string of the molecule is CC(C)CCOc1cccc(O)c1. The van der Waals surface area contributed by atoms with Crippen LogP contribution in [0, 0.1) is 5.92 Å². The van der Waals surface area contributed by atoms with Crippen molar-refractivity contribution < 1.29 is 9.84 Å². The van der Waals surface area contributed by atoms with Gasteiger partial charge in [0.15, 0.2) is 0 Å². The molecule has 0 aliphatic rings. The molecule has 0 spiro atoms. The highest BCUT2D eigenvalue weighted by molar-refractivity contribution is 5.31. The monoisotopic (exact) mass is 180 g/mol. The maximum atomic E-state index is 9.14. The number of phenols is 1. The van der Waals surface area contributed by atoms with Crippen molar-refractivity contribution in [3.8, 4) is 11.5 Å². The molecule has 1 N–H and O–H groups in total. The van der Waals surface area contributed by atoms with Crippen LogP contribution < -0.4 is 4.74 Å². The predicted molar refractivity (Wildman–Crippen MR) is 53.1 cm³/mol. The Hall–Kier alpha value is -1.18. The van der Waals surface area contributed by atoms with Crippen LogP contribution in [0.2, 0.25) is 0 Å². The third-order valence-corrected chi connectivity index (χ3v) is 1.78. The summed E-state index contributed by atoms with van der Waals surface area (Å²) in [5.41, 5.74) is 0. The second-order valence-corrected chi connectivity index (χ2v) is 3.53. The summed E-state index contributed by atoms with van der Waals surface area (Å²) in [6, 6.07) is 6.88. The Morgan fingerprint density at radius 3 is 2.77 bits per heavy atom. The highest BCUT2D eigenvalue weighted by Crippen LogP contribution is 2.18. The van der Waals surface area contributed by atoms with Gasteiger partial charge >= 0.3 is 0 Å². The third-order valence-electron chi connectivity index (χ3n) is 1.78. The summed E-state index contributed by atoms with van der Waals surface area (Å²) in [7, 11) is 0. The number of phenolic OH excluding ortho intramolecular Hbond substituents is 1. The lowest BCUT2D eigenvalue weighted by atomic mass is 10.1. The highest BCUT2D eigenvalue weighted by Gasteiger charge is 1.96. The molecule has 0 radical (unpaired) electrons. The van der Waals surface area contributed by atoms with E-state index >= 15 is 0 Å². The van der Waals surface area contributed by atoms with Crippen LogP contribution in [0.15, 0.2) is 24.3 Å². The summed E-state index contributed by atoms with van der Waals surface area (Å²) >= 11 is 0. The first-order chi connectivity index (χ1) is 6.18. The number of aromatic hydroxyl groups is 1. The van der Waals surface area contributed by atoms with E-state index in [9.17, 15) is 0 Å². The zero-order valence-corrected chi connectivity index (χ0v) is 8.16. The lowest BCUT2D eigenvalue weighted by molar-refractivity contribution is 0.288. The topological polar surface area (TPSA) is 29.5 Å². The van der Waals surface area contributed by atoms with Gasteiger partial charge in [-0.15, -0.1) is 0 Å². The molecule has 1 aromatic carbocycles. The van der Waals surface area contributed by atoms with Gasteiger partial charge < -0.3 is 9.84 Å². The van der Waals surface area contributed by atoms with E-state index in [0.29, 0.717) is 12.5 Å². The average molecular weight is 180 g/mol. The van der Waals surface area contributed by atoms with Crippen molar-refractivity contribution in [2.45, 2.75) is 20.3 Å². The molecule has 2 heteroatoms. The molecule has 0 amide bonds. The van der Waals surface area contributed by atoms with Crippen LogP contribution >= 0.6 is 0 Å². The van der Waals surface area contributed by atoms with Crippen LogP contribution in [-0.4, -0.2) is 11.7 Å². The lowest BCUT2D eigenvalue weighted by Gasteiger charge is -2.07. The van der Waals surface area contributed by atoms with Crippen LogP contribution in [0.25, 0.3) is 0 Å². The Labute approximate surface area is 79.2 Å². The standard InChI is InChI=1S/C11H16O2/c1-9(2)6-7-13-11-5-3-4-10(12)8-11/h3-5,8-9,12H,6-7H2,1-2H3. The molecule has 72 valence electrons. The first-order valence-electron chi connectivity index (χ1n) is 4.60. The van der Waals surface area contributed by atoms with Crippen molar-refractivity contribution in [3.63, 3.8) is 0 Å². The van der Waals surface area contributed by atoms with Gasteiger partial charge in [-0.25, -0.2) is 0 Å². The van der Waals surface area contributed by atoms with Gasteiger partial charge in [0.05, 0.1) is 6.61 Å². The second kappa shape index (κ2) is 4.75. The molecule has 0 atom stereocenters. The minimum atomic E-state index is 0.252. The van der Waals surface area contributed by atoms with Crippen LogP contribution in [0.5, 0.6) is 11.5 Å². The van der Waals surface area contributed by atoms with Crippen molar-refractivity contribution in [2.24, 2.45) is 5.92 Å². The molecule has 0 fully saturated rings. The number of hydrogen-bond acceptors (Lipinski definition) is 2. The largest absolute Gasteiger partial charge is 0.508 e. The smallest absolute Gasteiger partial charge is 0.122 e. The maximum Gasteiger partial charge on any atom is 0.122 e. The summed E-state index contributed by atoms with van der Waals surface area (Å²) in [4.78, 5) is 0. The molecule has 13 heavy (non-hydrogen) atoms. The van der Waals surface area contributed by atoms with Crippen LogP contribution in [0.1, 0.15) is 20.3 Å². The normalized spacial score (nSPS) is 10.4. The third kappa shape index (κ3) is 3.83. The summed E-state index contributed by atoms with van der Waals surface area (Å²) in [6.07, 6.45) is 1.04. The molecule has 2 nitrogen and oxygen atoms in total. The summed E-state index contributed by atoms with van der Waals surface area (Å²) in [5, 5.41) is 9.14. The Morgan fingerprint density at radius 2 is 2.15 bits per heavy atom. The van der Waals surface area contributed by atoms with Crippen molar-refractivity contribution in [1.82, 2.24) is 0 Å². The number of benzene rings is 1. The Kier molecular flexibility index (Phi) is 3.62. The van der Waals surface area contributed by atoms with E-state index in [1.807, 2.05) is 6.07 Å². The van der Waals surface area contributed by atoms with Gasteiger partial charge in [0.2, 0.25) is 0 Å². The molecule has 0 aliphatic heterocycles. The van der Waals surface area contributed by atoms with Gasteiger partial charge in [-0.2, -0.15) is 0 Å². The van der Waals surface area contributed by atoms with E-state index in [-0.39, 0.29) is 5.75 Å². The molecule has 0 saturated carbocycles. The fraction of sp³-hybridized carbons (Fsp3) is 0.455. The van der Waals surface area contributed by atoms with Crippen molar-refractivity contribution in [2.75, 3.05) is 6.61 Å². The summed E-state index contributed by atoms with van der Waals surface area (Å²) in [5.74, 6) is 1.64. The lowest BCUT2D eigenvalue weighted by Crippen LogP contribution is -2.00. The quantitative estimate of drug-likeness (QED) is 0.772. The summed E-state index contributed by atoms with van der Waals surface area (Å²) in [6.45, 7) is 5.03. The highest BCUT2D eigenvalue weighted by atomic mass is 16.5. The van der Waals surface area contributed by atoms with E-state index in [2.05, 4.69) is 13.8 Å². The second-order valence-electron chi connectivity index (χ2n) is 3.53. The molecule has 0 unspecified atom stereocenters. The van der Waals surface area contributed by atoms with Crippen molar-refractivity contribution in [1.29, 1.82) is 0 Å². The molecule has 0 heterocycles. The van der Waals surface area contributed by atoms with E-state index in [1.54, 1.807) is 18.2 Å². The van der Waals surface area contributed by atoms with Crippen molar-refractivity contribution >= 4 is 0 Å².